The van der Waals surface area contributed by atoms with Crippen molar-refractivity contribution in [1.82, 2.24) is 13.4 Å². The Kier molecular flexibility index (Phi) is 5.92. The van der Waals surface area contributed by atoms with Crippen LogP contribution in [0.25, 0.3) is 0 Å². The van der Waals surface area contributed by atoms with E-state index in [9.17, 15) is 18.0 Å². The van der Waals surface area contributed by atoms with Crippen LogP contribution in [0, 0.1) is 0 Å². The van der Waals surface area contributed by atoms with Gasteiger partial charge in [-0.05, 0) is 30.1 Å². The van der Waals surface area contributed by atoms with Crippen molar-refractivity contribution < 1.29 is 18.0 Å². The van der Waals surface area contributed by atoms with Gasteiger partial charge in [-0.15, -0.1) is 16.9 Å². The molecule has 26 heavy (non-hydrogen) atoms. The fraction of sp³-hybridized carbons (Fsp3) is 0.643. The van der Waals surface area contributed by atoms with Crippen LogP contribution in [0.5, 0.6) is 0 Å². The molecule has 3 rings (SSSR count). The molecule has 1 N–H and O–H groups in total. The molecule has 2 aliphatic rings. The second-order valence-electron chi connectivity index (χ2n) is 5.95. The van der Waals surface area contributed by atoms with Gasteiger partial charge < -0.3 is 0 Å². The van der Waals surface area contributed by atoms with E-state index in [2.05, 4.69) is 14.6 Å². The molecule has 2 amide bonds. The van der Waals surface area contributed by atoms with Crippen LogP contribution in [0.1, 0.15) is 39.0 Å². The highest BCUT2D eigenvalue weighted by atomic mass is 32.2. The fourth-order valence-electron chi connectivity index (χ4n) is 3.00. The maximum Gasteiger partial charge on any atom is 0.328 e. The SMILES string of the molecule is CCSc1cc(N=NC2C(=O)NS(=O)(=O)N(C3CCCCC3)C2=O)sn1. The Bertz CT molecular complexity index is 816. The average molecular weight is 418 g/mol. The number of carbonyl (C=O) groups is 2. The largest absolute Gasteiger partial charge is 0.328 e. The van der Waals surface area contributed by atoms with Crippen LogP contribution in [0.15, 0.2) is 21.3 Å². The third kappa shape index (κ3) is 4.07. The maximum absolute atomic E-state index is 12.7. The lowest BCUT2D eigenvalue weighted by atomic mass is 9.95. The minimum absolute atomic E-state index is 0.435. The number of nitrogens with one attached hydrogen (secondary N) is 1. The van der Waals surface area contributed by atoms with Crippen LogP contribution in [-0.2, 0) is 19.8 Å². The van der Waals surface area contributed by atoms with Gasteiger partial charge in [0.05, 0.1) is 0 Å². The first-order valence-corrected chi connectivity index (χ1v) is 11.5. The minimum Gasteiger partial charge on any atom is -0.271 e. The Labute approximate surface area is 160 Å². The van der Waals surface area contributed by atoms with Crippen molar-refractivity contribution in [2.45, 2.75) is 56.1 Å². The third-order valence-corrected chi connectivity index (χ3v) is 7.17. The van der Waals surface area contributed by atoms with Crippen molar-refractivity contribution in [3.8, 4) is 0 Å². The number of aromatic nitrogens is 1. The molecular weight excluding hydrogens is 398 g/mol. The summed E-state index contributed by atoms with van der Waals surface area (Å²) in [4.78, 5) is 24.8. The molecule has 1 saturated heterocycles. The first-order chi connectivity index (χ1) is 12.4. The molecule has 2 heterocycles. The van der Waals surface area contributed by atoms with Crippen molar-refractivity contribution in [3.63, 3.8) is 0 Å². The summed E-state index contributed by atoms with van der Waals surface area (Å²) in [6.45, 7) is 2.00. The average Bonchev–Trinajstić information content (AvgIpc) is 3.02. The summed E-state index contributed by atoms with van der Waals surface area (Å²) in [6.07, 6.45) is 3.90. The van der Waals surface area contributed by atoms with Crippen molar-refractivity contribution in [3.05, 3.63) is 6.07 Å². The molecule has 1 atom stereocenters. The summed E-state index contributed by atoms with van der Waals surface area (Å²) in [6, 6.07) is -0.219. The molecule has 1 aliphatic heterocycles. The summed E-state index contributed by atoms with van der Waals surface area (Å²) in [5, 5.41) is 8.99. The van der Waals surface area contributed by atoms with Crippen LogP contribution in [0.3, 0.4) is 0 Å². The molecule has 1 unspecified atom stereocenters. The first kappa shape index (κ1) is 19.2. The number of carbonyl (C=O) groups excluding carboxylic acids is 2. The van der Waals surface area contributed by atoms with Gasteiger partial charge in [0.1, 0.15) is 5.03 Å². The minimum atomic E-state index is -4.17. The van der Waals surface area contributed by atoms with Crippen LogP contribution in [0.4, 0.5) is 5.00 Å². The lowest BCUT2D eigenvalue weighted by molar-refractivity contribution is -0.137. The summed E-state index contributed by atoms with van der Waals surface area (Å²) >= 11 is 2.64. The Morgan fingerprint density at radius 3 is 2.77 bits per heavy atom. The van der Waals surface area contributed by atoms with Gasteiger partial charge in [-0.3, -0.25) is 9.59 Å². The highest BCUT2D eigenvalue weighted by Crippen LogP contribution is 2.29. The van der Waals surface area contributed by atoms with Crippen molar-refractivity contribution in [2.24, 2.45) is 10.2 Å². The molecule has 1 aliphatic carbocycles. The number of rotatable bonds is 5. The molecule has 0 aromatic carbocycles. The Balaban J connectivity index is 1.80. The molecule has 1 saturated carbocycles. The van der Waals surface area contributed by atoms with Crippen LogP contribution >= 0.6 is 23.3 Å². The summed E-state index contributed by atoms with van der Waals surface area (Å²) in [7, 11) is -4.17. The number of hydrogen-bond acceptors (Lipinski definition) is 9. The molecule has 12 heteroatoms. The smallest absolute Gasteiger partial charge is 0.271 e. The quantitative estimate of drug-likeness (QED) is 0.445. The highest BCUT2D eigenvalue weighted by Gasteiger charge is 2.47. The monoisotopic (exact) mass is 417 g/mol. The maximum atomic E-state index is 12.7. The zero-order valence-corrected chi connectivity index (χ0v) is 16.6. The fourth-order valence-corrected chi connectivity index (χ4v) is 5.78. The van der Waals surface area contributed by atoms with E-state index in [-0.39, 0.29) is 0 Å². The predicted octanol–water partition coefficient (Wildman–Crippen LogP) is 2.24. The molecule has 142 valence electrons. The molecule has 1 aromatic heterocycles. The molecule has 1 aromatic rings. The van der Waals surface area contributed by atoms with Crippen molar-refractivity contribution in [1.29, 1.82) is 0 Å². The van der Waals surface area contributed by atoms with E-state index >= 15 is 0 Å². The van der Waals surface area contributed by atoms with Gasteiger partial charge in [0, 0.05) is 12.1 Å². The molecule has 2 fully saturated rings. The zero-order chi connectivity index (χ0) is 18.7. The standard InChI is InChI=1S/C14H19N5O4S3/c1-2-24-11-8-10(25-17-11)15-16-12-13(20)18-26(22,23)19(14(12)21)9-6-4-3-5-7-9/h8-9,12H,2-7H2,1H3,(H,18,20). The topological polar surface area (TPSA) is 121 Å². The van der Waals surface area contributed by atoms with E-state index < -0.39 is 34.1 Å². The number of amides is 2. The molecule has 0 radical (unpaired) electrons. The van der Waals surface area contributed by atoms with Crippen LogP contribution in [-0.4, -0.2) is 46.7 Å². The van der Waals surface area contributed by atoms with Crippen molar-refractivity contribution >= 4 is 50.3 Å². The number of azo groups is 1. The summed E-state index contributed by atoms with van der Waals surface area (Å²) in [5.74, 6) is -0.951. The normalized spacial score (nSPS) is 24.2. The Hall–Kier alpha value is -1.53. The second-order valence-corrected chi connectivity index (χ2v) is 9.57. The van der Waals surface area contributed by atoms with Gasteiger partial charge in [-0.1, -0.05) is 26.2 Å². The Morgan fingerprint density at radius 1 is 1.35 bits per heavy atom. The van der Waals surface area contributed by atoms with Gasteiger partial charge in [0.2, 0.25) is 6.04 Å². The van der Waals surface area contributed by atoms with E-state index in [4.69, 9.17) is 0 Å². The molecular formula is C14H19N5O4S3. The second kappa shape index (κ2) is 8.01. The summed E-state index contributed by atoms with van der Waals surface area (Å²) in [5.41, 5.74) is 0. The van der Waals surface area contributed by atoms with Gasteiger partial charge >= 0.3 is 10.2 Å². The number of nitrogens with zero attached hydrogens (tertiary/aromatic N) is 4. The first-order valence-electron chi connectivity index (χ1n) is 8.32. The van der Waals surface area contributed by atoms with E-state index in [1.165, 1.54) is 0 Å². The van der Waals surface area contributed by atoms with Crippen molar-refractivity contribution in [2.75, 3.05) is 5.75 Å². The van der Waals surface area contributed by atoms with Gasteiger partial charge in [0.25, 0.3) is 11.8 Å². The van der Waals surface area contributed by atoms with E-state index in [1.54, 1.807) is 17.8 Å². The molecule has 0 spiro atoms. The van der Waals surface area contributed by atoms with E-state index in [0.717, 1.165) is 45.9 Å². The molecule has 9 nitrogen and oxygen atoms in total. The van der Waals surface area contributed by atoms with E-state index in [1.807, 2.05) is 11.6 Å². The highest BCUT2D eigenvalue weighted by molar-refractivity contribution is 7.99. The van der Waals surface area contributed by atoms with E-state index in [0.29, 0.717) is 17.8 Å². The summed E-state index contributed by atoms with van der Waals surface area (Å²) < 4.78 is 31.5. The number of thioether (sulfide) groups is 1. The number of hydrogen-bond donors (Lipinski definition) is 1. The Morgan fingerprint density at radius 2 is 2.08 bits per heavy atom. The third-order valence-electron chi connectivity index (χ3n) is 4.13. The predicted molar refractivity (Wildman–Crippen MR) is 97.6 cm³/mol. The zero-order valence-electron chi connectivity index (χ0n) is 14.1. The lowest BCUT2D eigenvalue weighted by Crippen LogP contribution is -2.62. The van der Waals surface area contributed by atoms with Gasteiger partial charge in [0.15, 0.2) is 5.00 Å². The van der Waals surface area contributed by atoms with Gasteiger partial charge in [-0.2, -0.15) is 17.9 Å². The van der Waals surface area contributed by atoms with Crippen LogP contribution in [0.2, 0.25) is 0 Å². The molecule has 0 bridgehead atoms. The van der Waals surface area contributed by atoms with Gasteiger partial charge in [-0.25, -0.2) is 9.03 Å². The van der Waals surface area contributed by atoms with Crippen LogP contribution < -0.4 is 4.72 Å². The lowest BCUT2D eigenvalue weighted by Gasteiger charge is -2.36.